The highest BCUT2D eigenvalue weighted by Crippen LogP contribution is 2.17. The second kappa shape index (κ2) is 7.39. The minimum absolute atomic E-state index is 0.0663. The summed E-state index contributed by atoms with van der Waals surface area (Å²) in [7, 11) is 0. The predicted octanol–water partition coefficient (Wildman–Crippen LogP) is 3.83. The number of hydrogen-bond donors (Lipinski definition) is 0. The third kappa shape index (κ3) is 3.64. The molecule has 0 saturated heterocycles. The van der Waals surface area contributed by atoms with E-state index in [1.165, 1.54) is 0 Å². The molecule has 2 aromatic carbocycles. The quantitative estimate of drug-likeness (QED) is 0.433. The number of benzene rings is 2. The smallest absolute Gasteiger partial charge is 0.193 e. The molecule has 0 aromatic heterocycles. The van der Waals surface area contributed by atoms with Crippen LogP contribution in [0.2, 0.25) is 0 Å². The average Bonchev–Trinajstić information content (AvgIpc) is 2.52. The highest BCUT2D eigenvalue weighted by atomic mass is 16.1. The van der Waals surface area contributed by atoms with Crippen molar-refractivity contribution in [2.75, 3.05) is 0 Å². The molecule has 0 atom stereocenters. The molecule has 0 unspecified atom stereocenters. The van der Waals surface area contributed by atoms with Gasteiger partial charge in [0, 0.05) is 17.5 Å². The molecular formula is C18H18O2. The van der Waals surface area contributed by atoms with Crippen LogP contribution in [0, 0.1) is 0 Å². The fourth-order valence-electron chi connectivity index (χ4n) is 2.25. The van der Waals surface area contributed by atoms with Gasteiger partial charge in [-0.15, -0.1) is 0 Å². The van der Waals surface area contributed by atoms with Gasteiger partial charge in [-0.25, -0.2) is 0 Å². The summed E-state index contributed by atoms with van der Waals surface area (Å²) < 4.78 is 0. The van der Waals surface area contributed by atoms with E-state index in [2.05, 4.69) is 0 Å². The molecule has 2 rings (SSSR count). The van der Waals surface area contributed by atoms with Gasteiger partial charge in [-0.2, -0.15) is 0 Å². The van der Waals surface area contributed by atoms with Crippen molar-refractivity contribution in [3.8, 4) is 0 Å². The van der Waals surface area contributed by atoms with Crippen LogP contribution in [0.5, 0.6) is 0 Å². The van der Waals surface area contributed by atoms with Crippen LogP contribution in [0.1, 0.15) is 40.7 Å². The van der Waals surface area contributed by atoms with E-state index in [0.717, 1.165) is 36.7 Å². The van der Waals surface area contributed by atoms with Crippen molar-refractivity contribution in [2.24, 2.45) is 0 Å². The van der Waals surface area contributed by atoms with Gasteiger partial charge in [0.15, 0.2) is 5.78 Å². The Hall–Kier alpha value is -2.22. The third-order valence-electron chi connectivity index (χ3n) is 3.32. The summed E-state index contributed by atoms with van der Waals surface area (Å²) in [5, 5.41) is 0. The van der Waals surface area contributed by atoms with E-state index in [0.29, 0.717) is 12.0 Å². The molecule has 2 nitrogen and oxygen atoms in total. The zero-order valence-electron chi connectivity index (χ0n) is 11.4. The van der Waals surface area contributed by atoms with E-state index < -0.39 is 0 Å². The van der Waals surface area contributed by atoms with Gasteiger partial charge in [0.05, 0.1) is 0 Å². The fourth-order valence-corrected chi connectivity index (χ4v) is 2.25. The number of aldehydes is 1. The molecule has 20 heavy (non-hydrogen) atoms. The molecule has 2 heteroatoms. The Morgan fingerprint density at radius 1 is 0.900 bits per heavy atom. The summed E-state index contributed by atoms with van der Waals surface area (Å²) in [5.74, 6) is 0.0663. The topological polar surface area (TPSA) is 34.1 Å². The number of hydrogen-bond acceptors (Lipinski definition) is 2. The van der Waals surface area contributed by atoms with Crippen molar-refractivity contribution in [3.05, 3.63) is 71.3 Å². The molecule has 0 amide bonds. The number of unbranched alkanes of at least 4 members (excludes halogenated alkanes) is 2. The lowest BCUT2D eigenvalue weighted by Crippen LogP contribution is -2.05. The molecular weight excluding hydrogens is 248 g/mol. The first-order valence-electron chi connectivity index (χ1n) is 6.94. The van der Waals surface area contributed by atoms with E-state index in [-0.39, 0.29) is 5.78 Å². The Balaban J connectivity index is 2.15. The van der Waals surface area contributed by atoms with Crippen molar-refractivity contribution >= 4 is 12.1 Å². The molecule has 2 aromatic rings. The molecule has 0 aliphatic carbocycles. The van der Waals surface area contributed by atoms with Gasteiger partial charge in [-0.05, 0) is 24.8 Å². The zero-order chi connectivity index (χ0) is 14.2. The second-order valence-corrected chi connectivity index (χ2v) is 4.76. The molecule has 0 bridgehead atoms. The van der Waals surface area contributed by atoms with Gasteiger partial charge in [0.1, 0.15) is 6.29 Å². The minimum atomic E-state index is 0.0663. The lowest BCUT2D eigenvalue weighted by molar-refractivity contribution is -0.107. The lowest BCUT2D eigenvalue weighted by atomic mass is 9.95. The van der Waals surface area contributed by atoms with Crippen molar-refractivity contribution in [1.29, 1.82) is 0 Å². The van der Waals surface area contributed by atoms with Crippen molar-refractivity contribution < 1.29 is 9.59 Å². The monoisotopic (exact) mass is 266 g/mol. The highest BCUT2D eigenvalue weighted by molar-refractivity contribution is 6.09. The largest absolute Gasteiger partial charge is 0.303 e. The van der Waals surface area contributed by atoms with E-state index in [1.54, 1.807) is 0 Å². The highest BCUT2D eigenvalue weighted by Gasteiger charge is 2.12. The Morgan fingerprint density at radius 2 is 1.60 bits per heavy atom. The molecule has 0 aliphatic heterocycles. The predicted molar refractivity (Wildman–Crippen MR) is 79.9 cm³/mol. The Kier molecular flexibility index (Phi) is 5.24. The molecule has 0 fully saturated rings. The summed E-state index contributed by atoms with van der Waals surface area (Å²) in [4.78, 5) is 22.8. The average molecular weight is 266 g/mol. The van der Waals surface area contributed by atoms with Crippen LogP contribution in [0.15, 0.2) is 54.6 Å². The van der Waals surface area contributed by atoms with Crippen molar-refractivity contribution in [3.63, 3.8) is 0 Å². The van der Waals surface area contributed by atoms with Gasteiger partial charge in [0.2, 0.25) is 0 Å². The van der Waals surface area contributed by atoms with Gasteiger partial charge in [-0.3, -0.25) is 4.79 Å². The number of rotatable bonds is 7. The minimum Gasteiger partial charge on any atom is -0.303 e. The number of ketones is 1. The molecule has 102 valence electrons. The van der Waals surface area contributed by atoms with Crippen LogP contribution in [0.25, 0.3) is 0 Å². The summed E-state index contributed by atoms with van der Waals surface area (Å²) >= 11 is 0. The molecule has 0 heterocycles. The number of carbonyl (C=O) groups excluding carboxylic acids is 2. The van der Waals surface area contributed by atoms with Crippen LogP contribution < -0.4 is 0 Å². The molecule has 0 radical (unpaired) electrons. The Morgan fingerprint density at radius 3 is 2.35 bits per heavy atom. The van der Waals surface area contributed by atoms with E-state index in [9.17, 15) is 9.59 Å². The summed E-state index contributed by atoms with van der Waals surface area (Å²) in [5.41, 5.74) is 2.55. The maximum absolute atomic E-state index is 12.5. The van der Waals surface area contributed by atoms with Crippen molar-refractivity contribution in [2.45, 2.75) is 25.7 Å². The normalized spacial score (nSPS) is 10.2. The van der Waals surface area contributed by atoms with Gasteiger partial charge in [0.25, 0.3) is 0 Å². The van der Waals surface area contributed by atoms with Gasteiger partial charge < -0.3 is 4.79 Å². The van der Waals surface area contributed by atoms with E-state index in [4.69, 9.17) is 0 Å². The number of carbonyl (C=O) groups is 2. The standard InChI is InChI=1S/C18H18O2/c19-14-8-2-5-9-15-10-6-7-13-17(15)18(20)16-11-3-1-4-12-16/h1,3-4,6-7,10-14H,2,5,8-9H2. The van der Waals surface area contributed by atoms with E-state index in [1.807, 2.05) is 54.6 Å². The van der Waals surface area contributed by atoms with Crippen LogP contribution in [0.4, 0.5) is 0 Å². The van der Waals surface area contributed by atoms with Crippen LogP contribution in [-0.2, 0) is 11.2 Å². The van der Waals surface area contributed by atoms with Gasteiger partial charge >= 0.3 is 0 Å². The molecule has 0 saturated carbocycles. The maximum Gasteiger partial charge on any atom is 0.193 e. The Bertz CT molecular complexity index is 573. The van der Waals surface area contributed by atoms with Crippen LogP contribution in [0.3, 0.4) is 0 Å². The SMILES string of the molecule is O=CCCCCc1ccccc1C(=O)c1ccccc1. The first-order valence-corrected chi connectivity index (χ1v) is 6.94. The molecule has 0 aliphatic rings. The second-order valence-electron chi connectivity index (χ2n) is 4.76. The summed E-state index contributed by atoms with van der Waals surface area (Å²) in [6.45, 7) is 0. The van der Waals surface area contributed by atoms with Crippen LogP contribution >= 0.6 is 0 Å². The summed E-state index contributed by atoms with van der Waals surface area (Å²) in [6.07, 6.45) is 4.17. The fraction of sp³-hybridized carbons (Fsp3) is 0.222. The summed E-state index contributed by atoms with van der Waals surface area (Å²) in [6, 6.07) is 17.1. The lowest BCUT2D eigenvalue weighted by Gasteiger charge is -2.08. The maximum atomic E-state index is 12.5. The van der Waals surface area contributed by atoms with Gasteiger partial charge in [-0.1, -0.05) is 54.6 Å². The third-order valence-corrected chi connectivity index (χ3v) is 3.32. The zero-order valence-corrected chi connectivity index (χ0v) is 11.4. The number of aryl methyl sites for hydroxylation is 1. The van der Waals surface area contributed by atoms with Crippen LogP contribution in [-0.4, -0.2) is 12.1 Å². The Labute approximate surface area is 119 Å². The molecule has 0 N–H and O–H groups in total. The first-order chi connectivity index (χ1) is 9.83. The molecule has 0 spiro atoms. The first kappa shape index (κ1) is 14.2. The van der Waals surface area contributed by atoms with Crippen molar-refractivity contribution in [1.82, 2.24) is 0 Å². The van der Waals surface area contributed by atoms with E-state index >= 15 is 0 Å².